The van der Waals surface area contributed by atoms with E-state index in [1.165, 1.54) is 11.3 Å². The SMILES string of the molecule is NNC(=O)c1sccc1CSc1ncc[nH]1. The molecule has 0 aromatic carbocycles. The summed E-state index contributed by atoms with van der Waals surface area (Å²) in [5.41, 5.74) is 3.11. The Kier molecular flexibility index (Phi) is 3.60. The van der Waals surface area contributed by atoms with E-state index in [0.717, 1.165) is 10.7 Å². The number of aromatic nitrogens is 2. The zero-order valence-corrected chi connectivity index (χ0v) is 9.90. The van der Waals surface area contributed by atoms with E-state index in [0.29, 0.717) is 10.6 Å². The number of nitrogens with zero attached hydrogens (tertiary/aromatic N) is 1. The van der Waals surface area contributed by atoms with Gasteiger partial charge in [-0.05, 0) is 17.0 Å². The van der Waals surface area contributed by atoms with Crippen LogP contribution in [-0.2, 0) is 5.75 Å². The predicted molar refractivity (Wildman–Crippen MR) is 64.1 cm³/mol. The summed E-state index contributed by atoms with van der Waals surface area (Å²) in [4.78, 5) is 19.1. The molecular formula is C9H10N4OS2. The van der Waals surface area contributed by atoms with Gasteiger partial charge in [0.05, 0.1) is 4.88 Å². The molecular weight excluding hydrogens is 244 g/mol. The summed E-state index contributed by atoms with van der Waals surface area (Å²) in [6.07, 6.45) is 3.47. The topological polar surface area (TPSA) is 83.8 Å². The highest BCUT2D eigenvalue weighted by Crippen LogP contribution is 2.24. The van der Waals surface area contributed by atoms with Gasteiger partial charge in [0, 0.05) is 18.1 Å². The molecule has 0 spiro atoms. The van der Waals surface area contributed by atoms with Crippen LogP contribution in [0.15, 0.2) is 29.0 Å². The number of hydrazine groups is 1. The number of amides is 1. The van der Waals surface area contributed by atoms with Crippen molar-refractivity contribution >= 4 is 29.0 Å². The molecule has 7 heteroatoms. The number of carbonyl (C=O) groups excluding carboxylic acids is 1. The van der Waals surface area contributed by atoms with Crippen LogP contribution in [-0.4, -0.2) is 15.9 Å². The second kappa shape index (κ2) is 5.15. The molecule has 0 aliphatic carbocycles. The van der Waals surface area contributed by atoms with E-state index >= 15 is 0 Å². The maximum absolute atomic E-state index is 11.4. The fourth-order valence-corrected chi connectivity index (χ4v) is 2.93. The van der Waals surface area contributed by atoms with Gasteiger partial charge in [0.15, 0.2) is 5.16 Å². The second-order valence-electron chi connectivity index (χ2n) is 2.93. The van der Waals surface area contributed by atoms with Crippen LogP contribution in [0.1, 0.15) is 15.2 Å². The van der Waals surface area contributed by atoms with Gasteiger partial charge in [-0.2, -0.15) is 0 Å². The molecule has 84 valence electrons. The molecule has 1 amide bonds. The van der Waals surface area contributed by atoms with Gasteiger partial charge >= 0.3 is 0 Å². The largest absolute Gasteiger partial charge is 0.340 e. The maximum Gasteiger partial charge on any atom is 0.275 e. The fourth-order valence-electron chi connectivity index (χ4n) is 1.19. The Bertz CT molecular complexity index is 466. The van der Waals surface area contributed by atoms with E-state index in [2.05, 4.69) is 15.4 Å². The number of nitrogen functional groups attached to an aromatic ring is 1. The summed E-state index contributed by atoms with van der Waals surface area (Å²) in [5.74, 6) is 5.55. The van der Waals surface area contributed by atoms with Crippen LogP contribution in [0, 0.1) is 0 Å². The van der Waals surface area contributed by atoms with Gasteiger partial charge in [-0.1, -0.05) is 11.8 Å². The number of rotatable bonds is 4. The molecule has 0 unspecified atom stereocenters. The normalized spacial score (nSPS) is 10.3. The van der Waals surface area contributed by atoms with Crippen LogP contribution >= 0.6 is 23.1 Å². The van der Waals surface area contributed by atoms with Crippen LogP contribution in [0.3, 0.4) is 0 Å². The highest BCUT2D eigenvalue weighted by Gasteiger charge is 2.12. The summed E-state index contributed by atoms with van der Waals surface area (Å²) < 4.78 is 0. The lowest BCUT2D eigenvalue weighted by atomic mass is 10.3. The van der Waals surface area contributed by atoms with Crippen LogP contribution in [0.2, 0.25) is 0 Å². The van der Waals surface area contributed by atoms with E-state index in [9.17, 15) is 4.79 Å². The minimum Gasteiger partial charge on any atom is -0.340 e. The highest BCUT2D eigenvalue weighted by atomic mass is 32.2. The summed E-state index contributed by atoms with van der Waals surface area (Å²) in [5, 5.41) is 2.72. The number of hydrogen-bond donors (Lipinski definition) is 3. The number of hydrogen-bond acceptors (Lipinski definition) is 5. The molecule has 4 N–H and O–H groups in total. The van der Waals surface area contributed by atoms with Gasteiger partial charge < -0.3 is 4.98 Å². The molecule has 0 aliphatic rings. The smallest absolute Gasteiger partial charge is 0.275 e. The van der Waals surface area contributed by atoms with E-state index in [4.69, 9.17) is 5.84 Å². The zero-order valence-electron chi connectivity index (χ0n) is 8.27. The molecule has 2 aromatic rings. The van der Waals surface area contributed by atoms with Crippen molar-refractivity contribution in [3.05, 3.63) is 34.3 Å². The third kappa shape index (κ3) is 2.43. The van der Waals surface area contributed by atoms with E-state index in [1.54, 1.807) is 24.2 Å². The molecule has 2 heterocycles. The summed E-state index contributed by atoms with van der Waals surface area (Å²) in [6, 6.07) is 1.92. The quantitative estimate of drug-likeness (QED) is 0.333. The monoisotopic (exact) mass is 254 g/mol. The third-order valence-corrected chi connectivity index (χ3v) is 3.83. The molecule has 0 radical (unpaired) electrons. The van der Waals surface area contributed by atoms with Gasteiger partial charge in [0.25, 0.3) is 5.91 Å². The van der Waals surface area contributed by atoms with E-state index in [-0.39, 0.29) is 5.91 Å². The number of thioether (sulfide) groups is 1. The number of aromatic amines is 1. The molecule has 2 aromatic heterocycles. The molecule has 0 fully saturated rings. The van der Waals surface area contributed by atoms with Gasteiger partial charge in [0.2, 0.25) is 0 Å². The molecule has 0 aliphatic heterocycles. The highest BCUT2D eigenvalue weighted by molar-refractivity contribution is 7.98. The Morgan fingerprint density at radius 2 is 2.56 bits per heavy atom. The standard InChI is InChI=1S/C9H10N4OS2/c10-13-8(14)7-6(1-4-15-7)5-16-9-11-2-3-12-9/h1-4H,5,10H2,(H,11,12)(H,13,14). The number of nitrogens with one attached hydrogen (secondary N) is 2. The average molecular weight is 254 g/mol. The first-order valence-electron chi connectivity index (χ1n) is 4.50. The van der Waals surface area contributed by atoms with Crippen molar-refractivity contribution < 1.29 is 4.79 Å². The third-order valence-electron chi connectivity index (χ3n) is 1.92. The molecule has 0 saturated heterocycles. The lowest BCUT2D eigenvalue weighted by molar-refractivity contribution is 0.0957. The fraction of sp³-hybridized carbons (Fsp3) is 0.111. The maximum atomic E-state index is 11.4. The number of thiophene rings is 1. The van der Waals surface area contributed by atoms with Crippen LogP contribution in [0.25, 0.3) is 0 Å². The molecule has 0 atom stereocenters. The van der Waals surface area contributed by atoms with E-state index < -0.39 is 0 Å². The summed E-state index contributed by atoms with van der Waals surface area (Å²) >= 11 is 2.93. The first-order valence-corrected chi connectivity index (χ1v) is 6.37. The first-order chi connectivity index (χ1) is 7.81. The van der Waals surface area contributed by atoms with Crippen molar-refractivity contribution in [3.63, 3.8) is 0 Å². The van der Waals surface area contributed by atoms with Crippen LogP contribution < -0.4 is 11.3 Å². The van der Waals surface area contributed by atoms with Crippen molar-refractivity contribution in [3.8, 4) is 0 Å². The number of H-pyrrole nitrogens is 1. The van der Waals surface area contributed by atoms with Gasteiger partial charge in [-0.25, -0.2) is 10.8 Å². The van der Waals surface area contributed by atoms with Crippen LogP contribution in [0.5, 0.6) is 0 Å². The average Bonchev–Trinajstić information content (AvgIpc) is 2.96. The minimum atomic E-state index is -0.245. The molecule has 0 saturated carbocycles. The van der Waals surface area contributed by atoms with Crippen molar-refractivity contribution in [1.82, 2.24) is 15.4 Å². The van der Waals surface area contributed by atoms with Gasteiger partial charge in [-0.15, -0.1) is 11.3 Å². The Morgan fingerprint density at radius 3 is 3.25 bits per heavy atom. The summed E-state index contributed by atoms with van der Waals surface area (Å²) in [6.45, 7) is 0. The second-order valence-corrected chi connectivity index (χ2v) is 4.81. The zero-order chi connectivity index (χ0) is 11.4. The molecule has 0 bridgehead atoms. The number of imidazole rings is 1. The predicted octanol–water partition coefficient (Wildman–Crippen LogP) is 1.37. The molecule has 5 nitrogen and oxygen atoms in total. The molecule has 16 heavy (non-hydrogen) atoms. The van der Waals surface area contributed by atoms with E-state index in [1.807, 2.05) is 11.4 Å². The Morgan fingerprint density at radius 1 is 1.69 bits per heavy atom. The first kappa shape index (κ1) is 11.2. The Hall–Kier alpha value is -1.31. The van der Waals surface area contributed by atoms with Crippen molar-refractivity contribution in [1.29, 1.82) is 0 Å². The van der Waals surface area contributed by atoms with Crippen molar-refractivity contribution in [2.45, 2.75) is 10.9 Å². The Labute approximate surface area is 100 Å². The number of carbonyl (C=O) groups is 1. The Balaban J connectivity index is 2.04. The van der Waals surface area contributed by atoms with Crippen molar-refractivity contribution in [2.24, 2.45) is 5.84 Å². The van der Waals surface area contributed by atoms with Crippen molar-refractivity contribution in [2.75, 3.05) is 0 Å². The molecule has 2 rings (SSSR count). The number of nitrogens with two attached hydrogens (primary N) is 1. The van der Waals surface area contributed by atoms with Gasteiger partial charge in [0.1, 0.15) is 0 Å². The minimum absolute atomic E-state index is 0.245. The lowest BCUT2D eigenvalue weighted by Crippen LogP contribution is -2.29. The van der Waals surface area contributed by atoms with Gasteiger partial charge in [-0.3, -0.25) is 10.2 Å². The summed E-state index contributed by atoms with van der Waals surface area (Å²) in [7, 11) is 0. The van der Waals surface area contributed by atoms with Crippen LogP contribution in [0.4, 0.5) is 0 Å². The lowest BCUT2D eigenvalue weighted by Gasteiger charge is -2.00.